The van der Waals surface area contributed by atoms with E-state index in [1.54, 1.807) is 12.4 Å². The summed E-state index contributed by atoms with van der Waals surface area (Å²) in [5, 5.41) is 0. The number of pyridine rings is 1. The molecule has 1 heterocycles. The minimum Gasteiger partial charge on any atom is -0.468 e. The molecule has 0 radical (unpaired) electrons. The van der Waals surface area contributed by atoms with Crippen molar-refractivity contribution < 1.29 is 9.53 Å². The summed E-state index contributed by atoms with van der Waals surface area (Å²) in [7, 11) is 1.36. The fourth-order valence-electron chi connectivity index (χ4n) is 0.940. The molecule has 0 aliphatic rings. The monoisotopic (exact) mass is 321 g/mol. The van der Waals surface area contributed by atoms with E-state index in [4.69, 9.17) is 0 Å². The predicted molar refractivity (Wildman–Crippen MR) is 60.6 cm³/mol. The highest BCUT2D eigenvalue weighted by Crippen LogP contribution is 2.31. The van der Waals surface area contributed by atoms with Crippen LogP contribution in [-0.4, -0.2) is 22.9 Å². The molecule has 76 valence electrons. The number of rotatable bonds is 3. The standard InChI is InChI=1S/C9H9Br2NO2/c1-14-9(13)8(11)7(10)6-3-2-4-12-5-6/h2-5,7-8H,1H3. The maximum atomic E-state index is 11.2. The topological polar surface area (TPSA) is 39.2 Å². The maximum Gasteiger partial charge on any atom is 0.320 e. The molecule has 3 nitrogen and oxygen atoms in total. The van der Waals surface area contributed by atoms with Crippen molar-refractivity contribution in [2.24, 2.45) is 0 Å². The molecule has 1 rings (SSSR count). The summed E-state index contributed by atoms with van der Waals surface area (Å²) in [6, 6.07) is 3.71. The van der Waals surface area contributed by atoms with Crippen LogP contribution in [0.1, 0.15) is 10.4 Å². The van der Waals surface area contributed by atoms with E-state index in [2.05, 4.69) is 41.6 Å². The van der Waals surface area contributed by atoms with Crippen molar-refractivity contribution in [1.29, 1.82) is 0 Å². The van der Waals surface area contributed by atoms with Crippen LogP contribution in [-0.2, 0) is 9.53 Å². The lowest BCUT2D eigenvalue weighted by molar-refractivity contribution is -0.139. The third kappa shape index (κ3) is 2.78. The van der Waals surface area contributed by atoms with E-state index in [9.17, 15) is 4.79 Å². The van der Waals surface area contributed by atoms with Crippen LogP contribution in [0.5, 0.6) is 0 Å². The van der Waals surface area contributed by atoms with Gasteiger partial charge in [-0.3, -0.25) is 9.78 Å². The van der Waals surface area contributed by atoms with Gasteiger partial charge in [0.15, 0.2) is 0 Å². The zero-order valence-corrected chi connectivity index (χ0v) is 10.7. The van der Waals surface area contributed by atoms with Gasteiger partial charge in [-0.05, 0) is 11.6 Å². The molecule has 0 saturated carbocycles. The summed E-state index contributed by atoms with van der Waals surface area (Å²) in [5.74, 6) is -0.310. The van der Waals surface area contributed by atoms with E-state index in [1.165, 1.54) is 7.11 Å². The van der Waals surface area contributed by atoms with Crippen LogP contribution >= 0.6 is 31.9 Å². The van der Waals surface area contributed by atoms with E-state index < -0.39 is 4.83 Å². The van der Waals surface area contributed by atoms with Crippen molar-refractivity contribution >= 4 is 37.8 Å². The van der Waals surface area contributed by atoms with Gasteiger partial charge in [0.05, 0.1) is 11.9 Å². The van der Waals surface area contributed by atoms with E-state index >= 15 is 0 Å². The van der Waals surface area contributed by atoms with Gasteiger partial charge in [-0.25, -0.2) is 0 Å². The van der Waals surface area contributed by atoms with Crippen LogP contribution in [0.15, 0.2) is 24.5 Å². The lowest BCUT2D eigenvalue weighted by Gasteiger charge is -2.14. The summed E-state index contributed by atoms with van der Waals surface area (Å²) < 4.78 is 4.62. The molecule has 2 atom stereocenters. The molecule has 1 aromatic heterocycles. The number of esters is 1. The Morgan fingerprint density at radius 3 is 2.79 bits per heavy atom. The average molecular weight is 323 g/mol. The predicted octanol–water partition coefficient (Wildman–Crippen LogP) is 2.45. The number of aromatic nitrogens is 1. The van der Waals surface area contributed by atoms with Crippen LogP contribution in [0.2, 0.25) is 0 Å². The first-order chi connectivity index (χ1) is 6.66. The summed E-state index contributed by atoms with van der Waals surface area (Å²) >= 11 is 6.66. The summed E-state index contributed by atoms with van der Waals surface area (Å²) in [5.41, 5.74) is 0.930. The van der Waals surface area contributed by atoms with Gasteiger partial charge in [0.25, 0.3) is 0 Å². The van der Waals surface area contributed by atoms with Crippen molar-refractivity contribution in [2.75, 3.05) is 7.11 Å². The normalized spacial score (nSPS) is 14.5. The Hall–Kier alpha value is -0.420. The zero-order valence-electron chi connectivity index (χ0n) is 7.48. The molecule has 0 spiro atoms. The molecule has 0 aliphatic heterocycles. The van der Waals surface area contributed by atoms with Crippen LogP contribution in [0.25, 0.3) is 0 Å². The van der Waals surface area contributed by atoms with E-state index in [1.807, 2.05) is 12.1 Å². The second-order valence-electron chi connectivity index (χ2n) is 2.61. The maximum absolute atomic E-state index is 11.2. The molecule has 0 N–H and O–H groups in total. The molecule has 14 heavy (non-hydrogen) atoms. The lowest BCUT2D eigenvalue weighted by Crippen LogP contribution is -2.20. The first-order valence-electron chi connectivity index (χ1n) is 3.92. The van der Waals surface area contributed by atoms with E-state index in [0.717, 1.165) is 5.56 Å². The summed E-state index contributed by atoms with van der Waals surface area (Å²) in [4.78, 5) is 14.6. The van der Waals surface area contributed by atoms with Crippen molar-refractivity contribution in [3.05, 3.63) is 30.1 Å². The van der Waals surface area contributed by atoms with Gasteiger partial charge in [0, 0.05) is 12.4 Å². The molecule has 1 aromatic rings. The summed E-state index contributed by atoms with van der Waals surface area (Å²) in [6.07, 6.45) is 3.39. The van der Waals surface area contributed by atoms with Gasteiger partial charge in [-0.2, -0.15) is 0 Å². The highest BCUT2D eigenvalue weighted by atomic mass is 79.9. The molecule has 0 bridgehead atoms. The van der Waals surface area contributed by atoms with Gasteiger partial charge in [-0.15, -0.1) is 0 Å². The number of carbonyl (C=O) groups excluding carboxylic acids is 1. The largest absolute Gasteiger partial charge is 0.468 e. The molecule has 0 saturated heterocycles. The van der Waals surface area contributed by atoms with Gasteiger partial charge >= 0.3 is 5.97 Å². The van der Waals surface area contributed by atoms with Gasteiger partial charge in [-0.1, -0.05) is 37.9 Å². The van der Waals surface area contributed by atoms with Crippen molar-refractivity contribution in [2.45, 2.75) is 9.65 Å². The van der Waals surface area contributed by atoms with E-state index in [-0.39, 0.29) is 10.8 Å². The third-order valence-corrected chi connectivity index (χ3v) is 4.36. The van der Waals surface area contributed by atoms with Crippen LogP contribution in [0.4, 0.5) is 0 Å². The summed E-state index contributed by atoms with van der Waals surface area (Å²) in [6.45, 7) is 0. The fourth-order valence-corrected chi connectivity index (χ4v) is 1.92. The number of methoxy groups -OCH3 is 1. The van der Waals surface area contributed by atoms with Crippen molar-refractivity contribution in [3.63, 3.8) is 0 Å². The van der Waals surface area contributed by atoms with Crippen LogP contribution in [0, 0.1) is 0 Å². The molecule has 0 aliphatic carbocycles. The molecular weight excluding hydrogens is 314 g/mol. The zero-order chi connectivity index (χ0) is 10.6. The first kappa shape index (κ1) is 11.7. The number of nitrogens with zero attached hydrogens (tertiary/aromatic N) is 1. The number of hydrogen-bond donors (Lipinski definition) is 0. The lowest BCUT2D eigenvalue weighted by atomic mass is 10.1. The SMILES string of the molecule is COC(=O)C(Br)C(Br)c1cccnc1. The quantitative estimate of drug-likeness (QED) is 0.634. The molecule has 0 amide bonds. The third-order valence-electron chi connectivity index (χ3n) is 1.69. The highest BCUT2D eigenvalue weighted by molar-refractivity contribution is 9.12. The first-order valence-corrected chi connectivity index (χ1v) is 5.76. The number of alkyl halides is 2. The van der Waals surface area contributed by atoms with Crippen molar-refractivity contribution in [3.8, 4) is 0 Å². The number of ether oxygens (including phenoxy) is 1. The number of carbonyl (C=O) groups is 1. The minimum atomic E-state index is -0.406. The second-order valence-corrected chi connectivity index (χ2v) is 4.59. The Kier molecular flexibility index (Phi) is 4.54. The molecule has 2 unspecified atom stereocenters. The smallest absolute Gasteiger partial charge is 0.320 e. The van der Waals surface area contributed by atoms with Gasteiger partial charge in [0.2, 0.25) is 0 Å². The molecule has 5 heteroatoms. The van der Waals surface area contributed by atoms with Gasteiger partial charge < -0.3 is 4.74 Å². The Bertz CT molecular complexity index is 305. The molecular formula is C9H9Br2NO2. The minimum absolute atomic E-state index is 0.136. The highest BCUT2D eigenvalue weighted by Gasteiger charge is 2.25. The average Bonchev–Trinajstić information content (AvgIpc) is 2.27. The number of halogens is 2. The Morgan fingerprint density at radius 2 is 2.29 bits per heavy atom. The van der Waals surface area contributed by atoms with Crippen LogP contribution < -0.4 is 0 Å². The number of hydrogen-bond acceptors (Lipinski definition) is 3. The Morgan fingerprint density at radius 1 is 1.57 bits per heavy atom. The van der Waals surface area contributed by atoms with Crippen LogP contribution in [0.3, 0.4) is 0 Å². The fraction of sp³-hybridized carbons (Fsp3) is 0.333. The molecule has 0 fully saturated rings. The van der Waals surface area contributed by atoms with Gasteiger partial charge in [0.1, 0.15) is 4.83 Å². The Balaban J connectivity index is 2.75. The molecule has 0 aromatic carbocycles. The second kappa shape index (κ2) is 5.46. The van der Waals surface area contributed by atoms with E-state index in [0.29, 0.717) is 0 Å². The van der Waals surface area contributed by atoms with Crippen molar-refractivity contribution in [1.82, 2.24) is 4.98 Å². The Labute approximate surface area is 99.1 Å².